The van der Waals surface area contributed by atoms with Gasteiger partial charge in [-0.25, -0.2) is 0 Å². The number of benzene rings is 1. The molecule has 0 radical (unpaired) electrons. The lowest BCUT2D eigenvalue weighted by molar-refractivity contribution is 0.447. The van der Waals surface area contributed by atoms with Gasteiger partial charge >= 0.3 is 0 Å². The largest absolute Gasteiger partial charge is 0.492 e. The lowest BCUT2D eigenvalue weighted by atomic mass is 10.0. The van der Waals surface area contributed by atoms with Gasteiger partial charge in [-0.1, -0.05) is 31.2 Å². The van der Waals surface area contributed by atoms with E-state index < -0.39 is 0 Å². The van der Waals surface area contributed by atoms with Gasteiger partial charge in [-0.2, -0.15) is 4.98 Å². The molecule has 2 aromatic rings. The van der Waals surface area contributed by atoms with Crippen LogP contribution in [-0.4, -0.2) is 15.1 Å². The summed E-state index contributed by atoms with van der Waals surface area (Å²) in [7, 11) is 0. The number of hydrogen-bond acceptors (Lipinski definition) is 3. The van der Waals surface area contributed by atoms with Crippen molar-refractivity contribution in [3.05, 3.63) is 43.8 Å². The van der Waals surface area contributed by atoms with E-state index in [-0.39, 0.29) is 15.0 Å². The third-order valence-electron chi connectivity index (χ3n) is 2.50. The molecule has 0 aliphatic rings. The first-order valence-corrected chi connectivity index (χ1v) is 6.28. The maximum Gasteiger partial charge on any atom is 0.268 e. The fourth-order valence-electron chi connectivity index (χ4n) is 1.63. The van der Waals surface area contributed by atoms with Crippen LogP contribution in [0.15, 0.2) is 29.1 Å². The Morgan fingerprint density at radius 3 is 2.76 bits per heavy atom. The fraction of sp³-hybridized carbons (Fsp3) is 0.167. The number of nitrogens with zero attached hydrogens (tertiary/aromatic N) is 1. The number of aryl methyl sites for hydroxylation is 1. The first-order valence-electron chi connectivity index (χ1n) is 5.20. The van der Waals surface area contributed by atoms with Crippen molar-refractivity contribution in [3.8, 4) is 17.3 Å². The van der Waals surface area contributed by atoms with Crippen molar-refractivity contribution < 1.29 is 5.11 Å². The minimum Gasteiger partial charge on any atom is -0.492 e. The number of hydrogen-bond donors (Lipinski definition) is 2. The number of nitrogens with one attached hydrogen (secondary N) is 1. The molecule has 0 amide bonds. The van der Waals surface area contributed by atoms with Gasteiger partial charge in [0.15, 0.2) is 0 Å². The van der Waals surface area contributed by atoms with Gasteiger partial charge in [0.05, 0.1) is 0 Å². The summed E-state index contributed by atoms with van der Waals surface area (Å²) in [6, 6.07) is 7.67. The standard InChI is InChI=1S/C12H11IN2O2/c1-2-7-5-3-4-6-8(7)10-14-11(16)9(13)12(17)15-10/h3-6H,2H2,1H3,(H2,14,15,16,17). The third-order valence-corrected chi connectivity index (χ3v) is 3.47. The van der Waals surface area contributed by atoms with E-state index in [1.807, 2.05) is 31.2 Å². The molecule has 0 saturated carbocycles. The van der Waals surface area contributed by atoms with E-state index in [9.17, 15) is 9.90 Å². The Hall–Kier alpha value is -1.37. The van der Waals surface area contributed by atoms with Crippen LogP contribution in [0.4, 0.5) is 0 Å². The van der Waals surface area contributed by atoms with E-state index in [1.54, 1.807) is 22.6 Å². The predicted octanol–water partition coefficient (Wildman–Crippen LogP) is 2.31. The molecule has 0 unspecified atom stereocenters. The fourth-order valence-corrected chi connectivity index (χ4v) is 1.89. The van der Waals surface area contributed by atoms with Crippen LogP contribution in [0.5, 0.6) is 5.88 Å². The van der Waals surface area contributed by atoms with Crippen molar-refractivity contribution in [2.24, 2.45) is 0 Å². The van der Waals surface area contributed by atoms with Crippen molar-refractivity contribution in [3.63, 3.8) is 0 Å². The Balaban J connectivity index is 2.65. The van der Waals surface area contributed by atoms with E-state index in [0.29, 0.717) is 5.82 Å². The maximum absolute atomic E-state index is 11.6. The quantitative estimate of drug-likeness (QED) is 0.824. The highest BCUT2D eigenvalue weighted by molar-refractivity contribution is 14.1. The summed E-state index contributed by atoms with van der Waals surface area (Å²) in [5.74, 6) is 0.181. The highest BCUT2D eigenvalue weighted by atomic mass is 127. The van der Waals surface area contributed by atoms with Crippen LogP contribution in [0.25, 0.3) is 11.4 Å². The molecule has 4 nitrogen and oxygen atoms in total. The Kier molecular flexibility index (Phi) is 3.46. The second kappa shape index (κ2) is 4.87. The van der Waals surface area contributed by atoms with Crippen LogP contribution in [0.3, 0.4) is 0 Å². The molecular formula is C12H11IN2O2. The maximum atomic E-state index is 11.6. The average molecular weight is 342 g/mol. The lowest BCUT2D eigenvalue weighted by Gasteiger charge is -2.07. The van der Waals surface area contributed by atoms with Gasteiger partial charge in [0, 0.05) is 5.56 Å². The zero-order valence-electron chi connectivity index (χ0n) is 9.20. The SMILES string of the molecule is CCc1ccccc1-c1nc(O)c(I)c(=O)[nH]1. The van der Waals surface area contributed by atoms with Crippen molar-refractivity contribution in [1.29, 1.82) is 0 Å². The van der Waals surface area contributed by atoms with E-state index in [0.717, 1.165) is 17.5 Å². The van der Waals surface area contributed by atoms with Gasteiger partial charge in [-0.15, -0.1) is 0 Å². The normalized spacial score (nSPS) is 10.5. The molecule has 1 heterocycles. The first kappa shape index (κ1) is 12.1. The number of aromatic nitrogens is 2. The van der Waals surface area contributed by atoms with Crippen LogP contribution in [0, 0.1) is 3.57 Å². The second-order valence-corrected chi connectivity index (χ2v) is 4.64. The van der Waals surface area contributed by atoms with E-state index >= 15 is 0 Å². The molecule has 0 aliphatic heterocycles. The third kappa shape index (κ3) is 2.33. The molecule has 17 heavy (non-hydrogen) atoms. The van der Waals surface area contributed by atoms with Gasteiger partial charge in [-0.05, 0) is 34.6 Å². The molecule has 0 spiro atoms. The molecule has 2 rings (SSSR count). The molecule has 0 bridgehead atoms. The highest BCUT2D eigenvalue weighted by Crippen LogP contribution is 2.22. The number of rotatable bonds is 2. The van der Waals surface area contributed by atoms with Gasteiger partial charge in [0.2, 0.25) is 5.88 Å². The van der Waals surface area contributed by atoms with E-state index in [2.05, 4.69) is 9.97 Å². The Labute approximate surface area is 112 Å². The number of H-pyrrole nitrogens is 1. The zero-order valence-corrected chi connectivity index (χ0v) is 11.4. The second-order valence-electron chi connectivity index (χ2n) is 3.56. The Morgan fingerprint density at radius 2 is 2.12 bits per heavy atom. The van der Waals surface area contributed by atoms with Crippen molar-refractivity contribution in [2.75, 3.05) is 0 Å². The summed E-state index contributed by atoms with van der Waals surface area (Å²) in [6.45, 7) is 2.03. The average Bonchev–Trinajstić information content (AvgIpc) is 2.35. The van der Waals surface area contributed by atoms with Crippen molar-refractivity contribution in [1.82, 2.24) is 9.97 Å². The van der Waals surface area contributed by atoms with Crippen molar-refractivity contribution in [2.45, 2.75) is 13.3 Å². The lowest BCUT2D eigenvalue weighted by Crippen LogP contribution is -2.12. The molecule has 0 fully saturated rings. The summed E-state index contributed by atoms with van der Waals surface area (Å²) in [5, 5.41) is 9.57. The number of halogens is 1. The molecule has 2 N–H and O–H groups in total. The summed E-state index contributed by atoms with van der Waals surface area (Å²) in [5.41, 5.74) is 1.61. The monoisotopic (exact) mass is 342 g/mol. The number of aromatic amines is 1. The van der Waals surface area contributed by atoms with Gasteiger partial charge in [-0.3, -0.25) is 4.79 Å². The summed E-state index contributed by atoms with van der Waals surface area (Å²) < 4.78 is 0.209. The minimum absolute atomic E-state index is 0.209. The van der Waals surface area contributed by atoms with Gasteiger partial charge in [0.1, 0.15) is 9.39 Å². The molecule has 88 valence electrons. The molecule has 0 saturated heterocycles. The van der Waals surface area contributed by atoms with Crippen LogP contribution in [0.2, 0.25) is 0 Å². The van der Waals surface area contributed by atoms with Crippen LogP contribution in [-0.2, 0) is 6.42 Å². The smallest absolute Gasteiger partial charge is 0.268 e. The van der Waals surface area contributed by atoms with E-state index in [1.165, 1.54) is 0 Å². The van der Waals surface area contributed by atoms with E-state index in [4.69, 9.17) is 0 Å². The minimum atomic E-state index is -0.320. The van der Waals surface area contributed by atoms with Crippen molar-refractivity contribution >= 4 is 22.6 Å². The molecule has 1 aromatic heterocycles. The summed E-state index contributed by atoms with van der Waals surface area (Å²) in [4.78, 5) is 18.2. The molecule has 1 aromatic carbocycles. The number of aromatic hydroxyl groups is 1. The molecule has 0 aliphatic carbocycles. The molecule has 0 atom stereocenters. The summed E-state index contributed by atoms with van der Waals surface area (Å²) in [6.07, 6.45) is 0.840. The van der Waals surface area contributed by atoms with Gasteiger partial charge < -0.3 is 10.1 Å². The van der Waals surface area contributed by atoms with Crippen LogP contribution < -0.4 is 5.56 Å². The van der Waals surface area contributed by atoms with Crippen LogP contribution >= 0.6 is 22.6 Å². The predicted molar refractivity (Wildman–Crippen MR) is 74.1 cm³/mol. The molecule has 5 heteroatoms. The molecular weight excluding hydrogens is 331 g/mol. The van der Waals surface area contributed by atoms with Crippen LogP contribution in [0.1, 0.15) is 12.5 Å². The topological polar surface area (TPSA) is 66.0 Å². The first-order chi connectivity index (χ1) is 8.13. The highest BCUT2D eigenvalue weighted by Gasteiger charge is 2.10. The summed E-state index contributed by atoms with van der Waals surface area (Å²) >= 11 is 1.77. The Bertz CT molecular complexity index is 608. The zero-order chi connectivity index (χ0) is 12.4. The van der Waals surface area contributed by atoms with Gasteiger partial charge in [0.25, 0.3) is 5.56 Å². The Morgan fingerprint density at radius 1 is 1.41 bits per heavy atom.